The van der Waals surface area contributed by atoms with Crippen molar-refractivity contribution in [2.75, 3.05) is 57.9 Å². The third-order valence-electron chi connectivity index (χ3n) is 6.12. The van der Waals surface area contributed by atoms with Gasteiger partial charge in [0, 0.05) is 45.0 Å². The van der Waals surface area contributed by atoms with Crippen molar-refractivity contribution in [3.8, 4) is 0 Å². The summed E-state index contributed by atoms with van der Waals surface area (Å²) in [4.78, 5) is 41.7. The zero-order chi connectivity index (χ0) is 25.5. The second kappa shape index (κ2) is 12.4. The number of morpholine rings is 1. The number of carbonyl (C=O) groups is 3. The topological polar surface area (TPSA) is 129 Å². The number of halogens is 2. The lowest BCUT2D eigenvalue weighted by Gasteiger charge is -2.32. The third-order valence-corrected chi connectivity index (χ3v) is 6.75. The van der Waals surface area contributed by atoms with Crippen molar-refractivity contribution >= 4 is 46.8 Å². The number of ether oxygens (including phenoxy) is 2. The number of nitrogens with zero attached hydrogens (tertiary/aromatic N) is 3. The number of aromatic amines is 1. The smallest absolute Gasteiger partial charge is 0.409 e. The molecule has 3 heterocycles. The first-order chi connectivity index (χ1) is 17.4. The van der Waals surface area contributed by atoms with E-state index < -0.39 is 11.8 Å². The van der Waals surface area contributed by atoms with E-state index in [0.29, 0.717) is 52.3 Å². The first-order valence-electron chi connectivity index (χ1n) is 11.7. The van der Waals surface area contributed by atoms with E-state index in [4.69, 9.17) is 32.7 Å². The number of rotatable bonds is 7. The van der Waals surface area contributed by atoms with Crippen LogP contribution in [0.4, 0.5) is 10.5 Å². The highest BCUT2D eigenvalue weighted by atomic mass is 35.5. The fraction of sp³-hybridized carbons (Fsp3) is 0.478. The van der Waals surface area contributed by atoms with E-state index in [1.807, 2.05) is 0 Å². The number of carbonyl (C=O) groups excluding carboxylic acids is 3. The Bertz CT molecular complexity index is 1060. The van der Waals surface area contributed by atoms with Gasteiger partial charge < -0.3 is 25.0 Å². The number of H-pyrrole nitrogens is 1. The van der Waals surface area contributed by atoms with Crippen molar-refractivity contribution in [1.82, 2.24) is 25.3 Å². The SMILES string of the molecule is O=C(NC1CCN(C(=O)OCCN2CCOCC2)CC1)c1n[nH]cc1NC(=O)c1c(Cl)cccc1Cl. The Morgan fingerprint density at radius 3 is 2.47 bits per heavy atom. The maximum Gasteiger partial charge on any atom is 0.409 e. The molecule has 2 aromatic rings. The maximum atomic E-state index is 12.8. The lowest BCUT2D eigenvalue weighted by atomic mass is 10.1. The molecule has 11 nitrogen and oxygen atoms in total. The van der Waals surface area contributed by atoms with Crippen molar-refractivity contribution in [1.29, 1.82) is 0 Å². The molecule has 0 saturated carbocycles. The van der Waals surface area contributed by atoms with Gasteiger partial charge in [-0.05, 0) is 25.0 Å². The summed E-state index contributed by atoms with van der Waals surface area (Å²) >= 11 is 12.2. The Morgan fingerprint density at radius 2 is 1.78 bits per heavy atom. The van der Waals surface area contributed by atoms with Crippen LogP contribution in [0.25, 0.3) is 0 Å². The zero-order valence-electron chi connectivity index (χ0n) is 19.6. The standard InChI is InChI=1S/C23H28Cl2N6O5/c24-16-2-1-3-17(25)19(16)21(32)28-18-14-26-29-20(18)22(33)27-15-4-6-31(7-5-15)23(34)36-13-10-30-8-11-35-12-9-30/h1-3,14-15H,4-13H2,(H,26,29)(H,27,33)(H,28,32). The largest absolute Gasteiger partial charge is 0.448 e. The number of piperidine rings is 1. The molecule has 0 bridgehead atoms. The fourth-order valence-corrected chi connectivity index (χ4v) is 4.67. The molecule has 0 atom stereocenters. The van der Waals surface area contributed by atoms with E-state index >= 15 is 0 Å². The van der Waals surface area contributed by atoms with Gasteiger partial charge in [0.1, 0.15) is 6.61 Å². The summed E-state index contributed by atoms with van der Waals surface area (Å²) in [6, 6.07) is 4.59. The molecular formula is C23H28Cl2N6O5. The van der Waals surface area contributed by atoms with E-state index in [-0.39, 0.29) is 39.1 Å². The third kappa shape index (κ3) is 6.67. The first-order valence-corrected chi connectivity index (χ1v) is 12.5. The highest BCUT2D eigenvalue weighted by molar-refractivity contribution is 6.40. The minimum Gasteiger partial charge on any atom is -0.448 e. The highest BCUT2D eigenvalue weighted by Gasteiger charge is 2.27. The van der Waals surface area contributed by atoms with Crippen LogP contribution >= 0.6 is 23.2 Å². The van der Waals surface area contributed by atoms with Crippen molar-refractivity contribution < 1.29 is 23.9 Å². The highest BCUT2D eigenvalue weighted by Crippen LogP contribution is 2.26. The zero-order valence-corrected chi connectivity index (χ0v) is 21.1. The average molecular weight is 539 g/mol. The van der Waals surface area contributed by atoms with Gasteiger partial charge >= 0.3 is 6.09 Å². The number of hydrogen-bond donors (Lipinski definition) is 3. The van der Waals surface area contributed by atoms with Gasteiger partial charge in [0.05, 0.1) is 34.5 Å². The molecule has 0 aliphatic carbocycles. The molecule has 2 fully saturated rings. The van der Waals surface area contributed by atoms with Gasteiger partial charge in [-0.2, -0.15) is 5.10 Å². The van der Waals surface area contributed by atoms with Crippen LogP contribution in [0.1, 0.15) is 33.7 Å². The normalized spacial score (nSPS) is 17.0. The Balaban J connectivity index is 1.23. The molecule has 36 heavy (non-hydrogen) atoms. The van der Waals surface area contributed by atoms with Crippen LogP contribution in [0.5, 0.6) is 0 Å². The lowest BCUT2D eigenvalue weighted by Crippen LogP contribution is -2.47. The van der Waals surface area contributed by atoms with Crippen molar-refractivity contribution in [2.24, 2.45) is 0 Å². The number of amides is 3. The number of hydrogen-bond acceptors (Lipinski definition) is 7. The van der Waals surface area contributed by atoms with Crippen LogP contribution in [0.15, 0.2) is 24.4 Å². The monoisotopic (exact) mass is 538 g/mol. The molecule has 1 aromatic heterocycles. The number of benzene rings is 1. The molecule has 3 amide bonds. The molecule has 3 N–H and O–H groups in total. The average Bonchev–Trinajstić information content (AvgIpc) is 3.33. The van der Waals surface area contributed by atoms with Crippen molar-refractivity contribution in [2.45, 2.75) is 18.9 Å². The van der Waals surface area contributed by atoms with Crippen LogP contribution in [0, 0.1) is 0 Å². The summed E-state index contributed by atoms with van der Waals surface area (Å²) < 4.78 is 10.7. The second-order valence-corrected chi connectivity index (χ2v) is 9.32. The van der Waals surface area contributed by atoms with Gasteiger partial charge in [-0.15, -0.1) is 0 Å². The number of likely N-dealkylation sites (tertiary alicyclic amines) is 1. The van der Waals surface area contributed by atoms with E-state index in [1.165, 1.54) is 6.20 Å². The molecule has 2 aliphatic heterocycles. The minimum absolute atomic E-state index is 0.0384. The summed E-state index contributed by atoms with van der Waals surface area (Å²) in [5, 5.41) is 12.5. The first kappa shape index (κ1) is 26.2. The maximum absolute atomic E-state index is 12.8. The molecular weight excluding hydrogens is 511 g/mol. The molecule has 0 unspecified atom stereocenters. The number of aromatic nitrogens is 2. The molecule has 13 heteroatoms. The molecule has 4 rings (SSSR count). The van der Waals surface area contributed by atoms with Crippen LogP contribution in [0.3, 0.4) is 0 Å². The molecule has 194 valence electrons. The molecule has 0 radical (unpaired) electrons. The fourth-order valence-electron chi connectivity index (χ4n) is 4.10. The number of nitrogens with one attached hydrogen (secondary N) is 3. The van der Waals surface area contributed by atoms with Gasteiger partial charge in [0.15, 0.2) is 5.69 Å². The Hall–Kier alpha value is -2.86. The van der Waals surface area contributed by atoms with Crippen molar-refractivity contribution in [3.05, 3.63) is 45.7 Å². The molecule has 0 spiro atoms. The Labute approximate surface area is 218 Å². The predicted molar refractivity (Wildman–Crippen MR) is 134 cm³/mol. The van der Waals surface area contributed by atoms with Crippen LogP contribution < -0.4 is 10.6 Å². The minimum atomic E-state index is -0.554. The van der Waals surface area contributed by atoms with Crippen LogP contribution in [0.2, 0.25) is 10.0 Å². The van der Waals surface area contributed by atoms with Crippen molar-refractivity contribution in [3.63, 3.8) is 0 Å². The van der Waals surface area contributed by atoms with Gasteiger partial charge in [0.25, 0.3) is 11.8 Å². The summed E-state index contributed by atoms with van der Waals surface area (Å²) in [7, 11) is 0. The quantitative estimate of drug-likeness (QED) is 0.494. The van der Waals surface area contributed by atoms with Gasteiger partial charge in [-0.25, -0.2) is 4.79 Å². The van der Waals surface area contributed by atoms with Crippen LogP contribution in [-0.4, -0.2) is 96.5 Å². The van der Waals surface area contributed by atoms with E-state index in [9.17, 15) is 14.4 Å². The lowest BCUT2D eigenvalue weighted by molar-refractivity contribution is 0.0238. The Morgan fingerprint density at radius 1 is 1.08 bits per heavy atom. The van der Waals surface area contributed by atoms with E-state index in [0.717, 1.165) is 13.1 Å². The summed E-state index contributed by atoms with van der Waals surface area (Å²) in [6.45, 7) is 5.06. The predicted octanol–water partition coefficient (Wildman–Crippen LogP) is 2.63. The summed E-state index contributed by atoms with van der Waals surface area (Å²) in [5.41, 5.74) is 0.351. The number of anilines is 1. The molecule has 2 aliphatic rings. The van der Waals surface area contributed by atoms with Gasteiger partial charge in [0.2, 0.25) is 0 Å². The summed E-state index contributed by atoms with van der Waals surface area (Å²) in [5.74, 6) is -0.996. The van der Waals surface area contributed by atoms with Gasteiger partial charge in [-0.1, -0.05) is 29.3 Å². The van der Waals surface area contributed by atoms with E-state index in [1.54, 1.807) is 23.1 Å². The van der Waals surface area contributed by atoms with Gasteiger partial charge in [-0.3, -0.25) is 19.6 Å². The van der Waals surface area contributed by atoms with E-state index in [2.05, 4.69) is 25.7 Å². The molecule has 2 saturated heterocycles. The molecule has 1 aromatic carbocycles. The Kier molecular flexibility index (Phi) is 9.03. The summed E-state index contributed by atoms with van der Waals surface area (Å²) in [6.07, 6.45) is 2.22. The second-order valence-electron chi connectivity index (χ2n) is 8.50. The van der Waals surface area contributed by atoms with Crippen LogP contribution in [-0.2, 0) is 9.47 Å².